The van der Waals surface area contributed by atoms with Crippen molar-refractivity contribution in [2.45, 2.75) is 264 Å². The van der Waals surface area contributed by atoms with E-state index in [2.05, 4.69) is 74.7 Å². The third-order valence-electron chi connectivity index (χ3n) is 11.2. The topological polar surface area (TPSA) is 95.9 Å². The molecule has 0 aromatic rings. The maximum absolute atomic E-state index is 13.1. The fourth-order valence-electron chi connectivity index (χ4n) is 7.36. The van der Waals surface area contributed by atoms with Crippen LogP contribution >= 0.6 is 0 Å². The average Bonchev–Trinajstić information content (AvgIpc) is 3.21. The number of ether oxygens (including phenoxy) is 1. The van der Waals surface area contributed by atoms with Crippen LogP contribution in [0.2, 0.25) is 0 Å². The van der Waals surface area contributed by atoms with E-state index in [1.165, 1.54) is 128 Å². The Hall–Kier alpha value is -2.18. The molecule has 0 fully saturated rings. The van der Waals surface area contributed by atoms with Gasteiger partial charge < -0.3 is 20.3 Å². The van der Waals surface area contributed by atoms with Crippen molar-refractivity contribution in [2.75, 3.05) is 6.61 Å². The summed E-state index contributed by atoms with van der Waals surface area (Å²) >= 11 is 0. The van der Waals surface area contributed by atoms with Crippen molar-refractivity contribution in [2.24, 2.45) is 0 Å². The van der Waals surface area contributed by atoms with E-state index >= 15 is 0 Å². The third-order valence-corrected chi connectivity index (χ3v) is 11.2. The van der Waals surface area contributed by atoms with Gasteiger partial charge in [-0.1, -0.05) is 217 Å². The molecule has 6 nitrogen and oxygen atoms in total. The van der Waals surface area contributed by atoms with Crippen LogP contribution in [-0.4, -0.2) is 46.9 Å². The Morgan fingerprint density at radius 1 is 0.500 bits per heavy atom. The van der Waals surface area contributed by atoms with Crippen molar-refractivity contribution < 1.29 is 24.5 Å². The first-order chi connectivity index (χ1) is 28.5. The lowest BCUT2D eigenvalue weighted by molar-refractivity contribution is -0.151. The number of carbonyl (C=O) groups is 2. The number of hydrogen-bond donors (Lipinski definition) is 3. The van der Waals surface area contributed by atoms with E-state index in [0.29, 0.717) is 25.7 Å². The molecule has 0 aliphatic carbocycles. The van der Waals surface area contributed by atoms with Crippen LogP contribution in [0.3, 0.4) is 0 Å². The van der Waals surface area contributed by atoms with Crippen LogP contribution in [0.1, 0.15) is 245 Å². The van der Waals surface area contributed by atoms with Crippen molar-refractivity contribution in [1.82, 2.24) is 5.32 Å². The molecule has 0 aliphatic heterocycles. The van der Waals surface area contributed by atoms with Gasteiger partial charge in [0.15, 0.2) is 0 Å². The normalized spacial score (nSPS) is 13.7. The lowest BCUT2D eigenvalue weighted by atomic mass is 10.0. The summed E-state index contributed by atoms with van der Waals surface area (Å²) in [5, 5.41) is 23.7. The zero-order valence-electron chi connectivity index (χ0n) is 38.4. The summed E-state index contributed by atoms with van der Waals surface area (Å²) in [6, 6.07) is -0.709. The minimum atomic E-state index is -0.794. The van der Waals surface area contributed by atoms with E-state index in [1.54, 1.807) is 0 Å². The van der Waals surface area contributed by atoms with Crippen molar-refractivity contribution >= 4 is 11.9 Å². The predicted octanol–water partition coefficient (Wildman–Crippen LogP) is 14.7. The first-order valence-corrected chi connectivity index (χ1v) is 24.9. The van der Waals surface area contributed by atoms with Gasteiger partial charge in [-0.2, -0.15) is 0 Å². The smallest absolute Gasteiger partial charge is 0.306 e. The molecule has 3 unspecified atom stereocenters. The van der Waals surface area contributed by atoms with Crippen LogP contribution in [0.15, 0.2) is 48.6 Å². The average molecular weight is 814 g/mol. The van der Waals surface area contributed by atoms with Gasteiger partial charge in [0.1, 0.15) is 6.10 Å². The number of aliphatic hydroxyl groups is 2. The van der Waals surface area contributed by atoms with E-state index in [9.17, 15) is 19.8 Å². The lowest BCUT2D eigenvalue weighted by Gasteiger charge is -2.24. The minimum absolute atomic E-state index is 0.0565. The summed E-state index contributed by atoms with van der Waals surface area (Å²) in [6.07, 6.45) is 54.7. The SMILES string of the molecule is CCCCC/C=C\C/C=C\C/C=C\C/C=C\CCCC(=O)OC(CCCCCCCCC)CC(=O)NC(CO)C(O)CCCCCCCCCCCCCCCCC. The molecule has 0 saturated carbocycles. The molecule has 0 rings (SSSR count). The molecule has 338 valence electrons. The first kappa shape index (κ1) is 55.8. The molecule has 0 heterocycles. The third kappa shape index (κ3) is 40.6. The molecule has 3 N–H and O–H groups in total. The fraction of sp³-hybridized carbons (Fsp3) is 0.808. The highest BCUT2D eigenvalue weighted by molar-refractivity contribution is 5.77. The number of unbranched alkanes of at least 4 members (excludes halogenated alkanes) is 24. The van der Waals surface area contributed by atoms with Crippen LogP contribution in [0, 0.1) is 0 Å². The van der Waals surface area contributed by atoms with Crippen LogP contribution < -0.4 is 5.32 Å². The number of amides is 1. The van der Waals surface area contributed by atoms with Gasteiger partial charge in [0.05, 0.1) is 25.2 Å². The molecule has 0 saturated heterocycles. The van der Waals surface area contributed by atoms with Gasteiger partial charge in [-0.3, -0.25) is 9.59 Å². The van der Waals surface area contributed by atoms with Gasteiger partial charge in [-0.25, -0.2) is 0 Å². The molecule has 0 bridgehead atoms. The van der Waals surface area contributed by atoms with E-state index < -0.39 is 18.2 Å². The number of allylic oxidation sites excluding steroid dienone is 8. The molecule has 0 spiro atoms. The van der Waals surface area contributed by atoms with E-state index in [-0.39, 0.29) is 24.9 Å². The zero-order valence-corrected chi connectivity index (χ0v) is 38.4. The van der Waals surface area contributed by atoms with Crippen LogP contribution in [0.25, 0.3) is 0 Å². The molecule has 0 aromatic heterocycles. The monoisotopic (exact) mass is 814 g/mol. The lowest BCUT2D eigenvalue weighted by Crippen LogP contribution is -2.46. The Morgan fingerprint density at radius 3 is 1.33 bits per heavy atom. The number of hydrogen-bond acceptors (Lipinski definition) is 5. The van der Waals surface area contributed by atoms with Gasteiger partial charge in [0.25, 0.3) is 0 Å². The summed E-state index contributed by atoms with van der Waals surface area (Å²) < 4.78 is 5.86. The van der Waals surface area contributed by atoms with Gasteiger partial charge in [0, 0.05) is 6.42 Å². The van der Waals surface area contributed by atoms with Gasteiger partial charge >= 0.3 is 5.97 Å². The van der Waals surface area contributed by atoms with E-state index in [0.717, 1.165) is 64.2 Å². The Labute approximate surface area is 359 Å². The molecule has 58 heavy (non-hydrogen) atoms. The van der Waals surface area contributed by atoms with Gasteiger partial charge in [-0.05, 0) is 64.2 Å². The molecular weight excluding hydrogens is 719 g/mol. The minimum Gasteiger partial charge on any atom is -0.462 e. The Kier molecular flexibility index (Phi) is 44.2. The largest absolute Gasteiger partial charge is 0.462 e. The second-order valence-corrected chi connectivity index (χ2v) is 16.9. The van der Waals surface area contributed by atoms with Gasteiger partial charge in [0.2, 0.25) is 5.91 Å². The molecule has 0 aromatic carbocycles. The first-order valence-electron chi connectivity index (χ1n) is 24.9. The highest BCUT2D eigenvalue weighted by Gasteiger charge is 2.24. The quantitative estimate of drug-likeness (QED) is 0.0323. The summed E-state index contributed by atoms with van der Waals surface area (Å²) in [4.78, 5) is 25.9. The second kappa shape index (κ2) is 45.9. The molecular formula is C52H95NO5. The van der Waals surface area contributed by atoms with E-state index in [1.807, 2.05) is 0 Å². The summed E-state index contributed by atoms with van der Waals surface area (Å²) in [5.74, 6) is -0.542. The number of nitrogens with one attached hydrogen (secondary N) is 1. The van der Waals surface area contributed by atoms with E-state index in [4.69, 9.17) is 4.74 Å². The molecule has 0 aliphatic rings. The Morgan fingerprint density at radius 2 is 0.879 bits per heavy atom. The summed E-state index contributed by atoms with van der Waals surface area (Å²) in [5.41, 5.74) is 0. The second-order valence-electron chi connectivity index (χ2n) is 16.9. The standard InChI is InChI=1S/C52H95NO5/c1-4-7-10-13-16-18-20-22-24-25-27-29-31-33-36-39-42-45-52(57)58-48(43-40-37-34-15-12-9-6-3)46-51(56)53-49(47-54)50(55)44-41-38-35-32-30-28-26-23-21-19-17-14-11-8-5-2/h16,18,22,24,27,29,33,36,48-50,54-55H,4-15,17,19-21,23,25-26,28,30-32,34-35,37-47H2,1-3H3,(H,53,56)/b18-16-,24-22-,29-27-,36-33-. The highest BCUT2D eigenvalue weighted by Crippen LogP contribution is 2.17. The molecule has 3 atom stereocenters. The fourth-order valence-corrected chi connectivity index (χ4v) is 7.36. The maximum Gasteiger partial charge on any atom is 0.306 e. The summed E-state index contributed by atoms with van der Waals surface area (Å²) in [6.45, 7) is 6.41. The van der Waals surface area contributed by atoms with Crippen LogP contribution in [0.4, 0.5) is 0 Å². The van der Waals surface area contributed by atoms with Crippen molar-refractivity contribution in [3.63, 3.8) is 0 Å². The molecule has 0 radical (unpaired) electrons. The van der Waals surface area contributed by atoms with Crippen molar-refractivity contribution in [3.05, 3.63) is 48.6 Å². The maximum atomic E-state index is 13.1. The predicted molar refractivity (Wildman–Crippen MR) is 250 cm³/mol. The molecule has 1 amide bonds. The van der Waals surface area contributed by atoms with Crippen molar-refractivity contribution in [3.8, 4) is 0 Å². The Balaban J connectivity index is 4.46. The Bertz CT molecular complexity index is 1000. The number of carbonyl (C=O) groups excluding carboxylic acids is 2. The summed E-state index contributed by atoms with van der Waals surface area (Å²) in [7, 11) is 0. The van der Waals surface area contributed by atoms with Crippen LogP contribution in [0.5, 0.6) is 0 Å². The molecule has 6 heteroatoms. The number of aliphatic hydroxyl groups excluding tert-OH is 2. The zero-order chi connectivity index (χ0) is 42.4. The number of esters is 1. The highest BCUT2D eigenvalue weighted by atomic mass is 16.5. The van der Waals surface area contributed by atoms with Gasteiger partial charge in [-0.15, -0.1) is 0 Å². The van der Waals surface area contributed by atoms with Crippen molar-refractivity contribution in [1.29, 1.82) is 0 Å². The number of rotatable bonds is 44. The van der Waals surface area contributed by atoms with Crippen LogP contribution in [-0.2, 0) is 14.3 Å².